The summed E-state index contributed by atoms with van der Waals surface area (Å²) < 4.78 is 7.85. The van der Waals surface area contributed by atoms with E-state index in [2.05, 4.69) is 15.0 Å². The SMILES string of the molecule is Oc1ccc(-c2cnc3cnc(-c4cnc(-c5ccccc5)o4)cn23)cc1. The van der Waals surface area contributed by atoms with Crippen LogP contribution in [0.15, 0.2) is 83.8 Å². The minimum absolute atomic E-state index is 0.227. The second-order valence-electron chi connectivity index (χ2n) is 6.09. The standard InChI is InChI=1S/C21H14N4O2/c26-16-8-6-14(7-9-16)18-10-23-20-12-22-17(13-25(18)20)19-11-24-21(27-19)15-4-2-1-3-5-15/h1-13,26H. The van der Waals surface area contributed by atoms with Gasteiger partial charge in [0.25, 0.3) is 0 Å². The summed E-state index contributed by atoms with van der Waals surface area (Å²) in [6.07, 6.45) is 7.03. The Balaban J connectivity index is 1.58. The Morgan fingerprint density at radius 1 is 0.778 bits per heavy atom. The van der Waals surface area contributed by atoms with Crippen molar-refractivity contribution >= 4 is 5.65 Å². The van der Waals surface area contributed by atoms with E-state index in [1.807, 2.05) is 53.1 Å². The highest BCUT2D eigenvalue weighted by Gasteiger charge is 2.12. The van der Waals surface area contributed by atoms with Crippen molar-refractivity contribution < 1.29 is 9.52 Å². The van der Waals surface area contributed by atoms with E-state index >= 15 is 0 Å². The second-order valence-corrected chi connectivity index (χ2v) is 6.09. The van der Waals surface area contributed by atoms with Crippen molar-refractivity contribution in [3.8, 4) is 39.9 Å². The zero-order valence-electron chi connectivity index (χ0n) is 14.1. The van der Waals surface area contributed by atoms with Crippen LogP contribution < -0.4 is 0 Å². The van der Waals surface area contributed by atoms with Crippen LogP contribution >= 0.6 is 0 Å². The molecule has 5 rings (SSSR count). The summed E-state index contributed by atoms with van der Waals surface area (Å²) in [6.45, 7) is 0. The molecular formula is C21H14N4O2. The van der Waals surface area contributed by atoms with Crippen molar-refractivity contribution in [2.45, 2.75) is 0 Å². The Labute approximate surface area is 154 Å². The quantitative estimate of drug-likeness (QED) is 0.519. The monoisotopic (exact) mass is 354 g/mol. The summed E-state index contributed by atoms with van der Waals surface area (Å²) in [5, 5.41) is 9.50. The smallest absolute Gasteiger partial charge is 0.226 e. The molecule has 0 atom stereocenters. The lowest BCUT2D eigenvalue weighted by molar-refractivity contribution is 0.475. The molecule has 0 radical (unpaired) electrons. The molecule has 0 fully saturated rings. The molecule has 0 bridgehead atoms. The van der Waals surface area contributed by atoms with Gasteiger partial charge in [-0.05, 0) is 36.4 Å². The normalized spacial score (nSPS) is 11.1. The number of fused-ring (bicyclic) bond motifs is 1. The molecule has 0 aliphatic carbocycles. The zero-order valence-corrected chi connectivity index (χ0v) is 14.1. The lowest BCUT2D eigenvalue weighted by Crippen LogP contribution is -1.92. The Hall–Kier alpha value is -3.93. The van der Waals surface area contributed by atoms with Gasteiger partial charge >= 0.3 is 0 Å². The molecule has 3 heterocycles. The van der Waals surface area contributed by atoms with Crippen molar-refractivity contribution in [2.75, 3.05) is 0 Å². The van der Waals surface area contributed by atoms with E-state index in [0.29, 0.717) is 17.3 Å². The van der Waals surface area contributed by atoms with Gasteiger partial charge in [0.05, 0.1) is 24.3 Å². The van der Waals surface area contributed by atoms with Gasteiger partial charge in [-0.25, -0.2) is 15.0 Å². The Morgan fingerprint density at radius 2 is 1.59 bits per heavy atom. The molecule has 2 aromatic carbocycles. The highest BCUT2D eigenvalue weighted by molar-refractivity contribution is 5.66. The maximum Gasteiger partial charge on any atom is 0.226 e. The molecule has 0 aliphatic heterocycles. The summed E-state index contributed by atoms with van der Waals surface area (Å²) in [5.74, 6) is 1.36. The first-order valence-electron chi connectivity index (χ1n) is 8.42. The lowest BCUT2D eigenvalue weighted by atomic mass is 10.1. The molecule has 27 heavy (non-hydrogen) atoms. The first-order valence-corrected chi connectivity index (χ1v) is 8.42. The van der Waals surface area contributed by atoms with Crippen molar-refractivity contribution in [3.63, 3.8) is 0 Å². The predicted octanol–water partition coefficient (Wildman–Crippen LogP) is 4.42. The Kier molecular flexibility index (Phi) is 3.47. The highest BCUT2D eigenvalue weighted by Crippen LogP contribution is 2.27. The minimum atomic E-state index is 0.227. The van der Waals surface area contributed by atoms with E-state index in [4.69, 9.17) is 4.42 Å². The largest absolute Gasteiger partial charge is 0.508 e. The van der Waals surface area contributed by atoms with Crippen LogP contribution in [0.5, 0.6) is 5.75 Å². The van der Waals surface area contributed by atoms with Gasteiger partial charge < -0.3 is 9.52 Å². The third-order valence-electron chi connectivity index (χ3n) is 4.34. The molecule has 6 nitrogen and oxygen atoms in total. The third-order valence-corrected chi connectivity index (χ3v) is 4.34. The molecule has 130 valence electrons. The number of benzene rings is 2. The van der Waals surface area contributed by atoms with E-state index in [9.17, 15) is 5.11 Å². The summed E-state index contributed by atoms with van der Waals surface area (Å²) >= 11 is 0. The van der Waals surface area contributed by atoms with Crippen LogP contribution in [0.25, 0.3) is 39.8 Å². The second kappa shape index (κ2) is 6.10. The molecule has 0 unspecified atom stereocenters. The number of phenolic OH excluding ortho intramolecular Hbond substituents is 1. The number of hydrogen-bond donors (Lipinski definition) is 1. The average molecular weight is 354 g/mol. The number of hydrogen-bond acceptors (Lipinski definition) is 5. The fraction of sp³-hybridized carbons (Fsp3) is 0. The van der Waals surface area contributed by atoms with Crippen molar-refractivity contribution in [3.05, 3.63) is 79.4 Å². The van der Waals surface area contributed by atoms with E-state index in [-0.39, 0.29) is 5.75 Å². The first-order chi connectivity index (χ1) is 13.3. The van der Waals surface area contributed by atoms with Crippen molar-refractivity contribution in [2.24, 2.45) is 0 Å². The van der Waals surface area contributed by atoms with E-state index in [1.54, 1.807) is 30.7 Å². The summed E-state index contributed by atoms with van der Waals surface area (Å²) in [7, 11) is 0. The Morgan fingerprint density at radius 3 is 2.41 bits per heavy atom. The maximum absolute atomic E-state index is 9.50. The molecule has 6 heteroatoms. The maximum atomic E-state index is 9.50. The zero-order chi connectivity index (χ0) is 18.2. The number of aromatic nitrogens is 4. The number of nitrogens with zero attached hydrogens (tertiary/aromatic N) is 4. The van der Waals surface area contributed by atoms with Crippen LogP contribution in [0.3, 0.4) is 0 Å². The van der Waals surface area contributed by atoms with E-state index < -0.39 is 0 Å². The van der Waals surface area contributed by atoms with Gasteiger partial charge in [0.1, 0.15) is 11.4 Å². The highest BCUT2D eigenvalue weighted by atomic mass is 16.4. The molecule has 0 saturated heterocycles. The molecule has 0 aliphatic rings. The molecular weight excluding hydrogens is 340 g/mol. The molecule has 0 spiro atoms. The van der Waals surface area contributed by atoms with Crippen LogP contribution in [0.2, 0.25) is 0 Å². The molecule has 3 aromatic heterocycles. The van der Waals surface area contributed by atoms with Crippen LogP contribution in [0.1, 0.15) is 0 Å². The molecule has 0 amide bonds. The summed E-state index contributed by atoms with van der Waals surface area (Å²) in [4.78, 5) is 13.2. The van der Waals surface area contributed by atoms with Crippen LogP contribution in [-0.4, -0.2) is 24.5 Å². The van der Waals surface area contributed by atoms with Gasteiger partial charge in [-0.3, -0.25) is 4.40 Å². The van der Waals surface area contributed by atoms with Crippen molar-refractivity contribution in [1.29, 1.82) is 0 Å². The van der Waals surface area contributed by atoms with Gasteiger partial charge in [0.15, 0.2) is 11.4 Å². The Bertz CT molecular complexity index is 1220. The fourth-order valence-electron chi connectivity index (χ4n) is 2.97. The van der Waals surface area contributed by atoms with Gasteiger partial charge in [-0.15, -0.1) is 0 Å². The summed E-state index contributed by atoms with van der Waals surface area (Å²) in [6, 6.07) is 16.7. The predicted molar refractivity (Wildman–Crippen MR) is 101 cm³/mol. The van der Waals surface area contributed by atoms with Gasteiger partial charge in [0.2, 0.25) is 5.89 Å². The van der Waals surface area contributed by atoms with Gasteiger partial charge in [-0.2, -0.15) is 0 Å². The molecule has 0 saturated carbocycles. The fourth-order valence-corrected chi connectivity index (χ4v) is 2.97. The summed E-state index contributed by atoms with van der Waals surface area (Å²) in [5.41, 5.74) is 4.15. The minimum Gasteiger partial charge on any atom is -0.508 e. The lowest BCUT2D eigenvalue weighted by Gasteiger charge is -2.04. The van der Waals surface area contributed by atoms with Crippen molar-refractivity contribution in [1.82, 2.24) is 19.4 Å². The van der Waals surface area contributed by atoms with E-state index in [0.717, 1.165) is 22.5 Å². The van der Waals surface area contributed by atoms with Crippen LogP contribution in [0.4, 0.5) is 0 Å². The number of oxazole rings is 1. The molecule has 5 aromatic rings. The van der Waals surface area contributed by atoms with Gasteiger partial charge in [-0.1, -0.05) is 18.2 Å². The number of aromatic hydroxyl groups is 1. The third kappa shape index (κ3) is 2.73. The van der Waals surface area contributed by atoms with Crippen LogP contribution in [-0.2, 0) is 0 Å². The van der Waals surface area contributed by atoms with E-state index in [1.165, 1.54) is 0 Å². The number of imidazole rings is 1. The molecule has 1 N–H and O–H groups in total. The van der Waals surface area contributed by atoms with Crippen LogP contribution in [0, 0.1) is 0 Å². The number of phenols is 1. The topological polar surface area (TPSA) is 76.5 Å². The van der Waals surface area contributed by atoms with Gasteiger partial charge in [0, 0.05) is 17.3 Å². The first kappa shape index (κ1) is 15.3. The average Bonchev–Trinajstić information content (AvgIpc) is 3.36. The number of rotatable bonds is 3.